The van der Waals surface area contributed by atoms with Gasteiger partial charge in [-0.25, -0.2) is 0 Å². The molecule has 0 fully saturated rings. The molecule has 0 aliphatic rings. The number of benzene rings is 6. The van der Waals surface area contributed by atoms with E-state index in [1.165, 1.54) is 43.6 Å². The summed E-state index contributed by atoms with van der Waals surface area (Å²) in [6.07, 6.45) is 3.77. The number of nitrogens with zero attached hydrogens (tertiary/aromatic N) is 3. The molecule has 4 aromatic heterocycles. The third-order valence-electron chi connectivity index (χ3n) is 8.87. The van der Waals surface area contributed by atoms with Crippen molar-refractivity contribution in [2.24, 2.45) is 0 Å². The van der Waals surface area contributed by atoms with Crippen molar-refractivity contribution in [1.29, 1.82) is 0 Å². The number of pyridine rings is 2. The number of halogens is 1. The first-order valence-electron chi connectivity index (χ1n) is 18.6. The van der Waals surface area contributed by atoms with Crippen molar-refractivity contribution < 1.29 is 34.7 Å². The molecule has 10 aromatic rings. The van der Waals surface area contributed by atoms with Gasteiger partial charge in [0, 0.05) is 54.4 Å². The van der Waals surface area contributed by atoms with Crippen LogP contribution in [0.3, 0.4) is 0 Å². The normalized spacial score (nSPS) is 10.6. The Labute approximate surface area is 371 Å². The molecule has 0 aliphatic carbocycles. The molecule has 0 saturated carbocycles. The smallest absolute Gasteiger partial charge is 0.850 e. The summed E-state index contributed by atoms with van der Waals surface area (Å²) >= 11 is 3.36. The number of aromatic amines is 1. The van der Waals surface area contributed by atoms with E-state index in [-0.39, 0.29) is 37.0 Å². The monoisotopic (exact) mass is 832 g/mol. The van der Waals surface area contributed by atoms with Crippen LogP contribution in [0.5, 0.6) is 0 Å². The Bertz CT molecular complexity index is 2680. The van der Waals surface area contributed by atoms with E-state index in [1.807, 2.05) is 60.9 Å². The van der Waals surface area contributed by atoms with Crippen LogP contribution in [0.1, 0.15) is 28.2 Å². The zero-order chi connectivity index (χ0) is 38.9. The van der Waals surface area contributed by atoms with Crippen molar-refractivity contribution in [3.63, 3.8) is 0 Å². The van der Waals surface area contributed by atoms with Gasteiger partial charge in [-0.15, -0.1) is 5.60 Å². The number of aromatic nitrogens is 4. The van der Waals surface area contributed by atoms with Gasteiger partial charge in [-0.3, -0.25) is 9.97 Å². The predicted molar refractivity (Wildman–Crippen MR) is 244 cm³/mol. The Hall–Kier alpha value is -5.34. The maximum Gasteiger partial charge on any atom is 1.00 e. The van der Waals surface area contributed by atoms with Crippen LogP contribution in [0, 0.1) is 0 Å². The molecule has 0 unspecified atom stereocenters. The van der Waals surface area contributed by atoms with E-state index in [1.54, 1.807) is 20.8 Å². The summed E-state index contributed by atoms with van der Waals surface area (Å²) in [6.45, 7) is 4.90. The molecule has 5 nitrogen and oxygen atoms in total. The summed E-state index contributed by atoms with van der Waals surface area (Å²) in [6, 6.07) is 62.5. The average Bonchev–Trinajstić information content (AvgIpc) is 3.78. The molecule has 6 aromatic carbocycles. The van der Waals surface area contributed by atoms with E-state index in [0.717, 1.165) is 32.7 Å². The standard InChI is InChI=1S/C23H16N2.C12H9N.C11H8BrN.C4H9O.CH4.Na/c1-2-8-17(9-3-1)21-15-14-18(16-24-21)25-22-12-6-4-10-19(22)20-11-5-7-13-23(20)25;1-3-7-11-9(5-1)10-6-2-4-8-12(10)13-11;12-10-6-7-11(13-8-10)9-4-2-1-3-5-9;1-4(2,3)5;;/h1-16H;1-8,13H;1-8H;1-3H3;1H4;/q;;;-1;;+1. The number of nitrogens with one attached hydrogen (secondary N) is 1. The second kappa shape index (κ2) is 20.4. The molecule has 10 rings (SSSR count). The van der Waals surface area contributed by atoms with Gasteiger partial charge in [0.15, 0.2) is 0 Å². The minimum atomic E-state index is -0.750. The molecule has 0 bridgehead atoms. The van der Waals surface area contributed by atoms with Crippen LogP contribution >= 0.6 is 15.9 Å². The fraction of sp³-hybridized carbons (Fsp3) is 0.0980. The molecule has 0 saturated heterocycles. The van der Waals surface area contributed by atoms with Crippen molar-refractivity contribution in [1.82, 2.24) is 19.5 Å². The zero-order valence-corrected chi connectivity index (χ0v) is 36.2. The number of H-pyrrole nitrogens is 1. The molecule has 4 heterocycles. The molecule has 58 heavy (non-hydrogen) atoms. The summed E-state index contributed by atoms with van der Waals surface area (Å²) in [5, 5.41) is 15.2. The Balaban J connectivity index is 0.000000165. The average molecular weight is 834 g/mol. The number of hydrogen-bond acceptors (Lipinski definition) is 3. The Morgan fingerprint density at radius 2 is 0.862 bits per heavy atom. The Kier molecular flexibility index (Phi) is 15.4. The molecule has 0 atom stereocenters. The Morgan fingerprint density at radius 1 is 0.483 bits per heavy atom. The number of para-hydroxylation sites is 4. The minimum absolute atomic E-state index is 0. The minimum Gasteiger partial charge on any atom is -0.850 e. The number of rotatable bonds is 3. The van der Waals surface area contributed by atoms with Gasteiger partial charge in [0.1, 0.15) is 0 Å². The van der Waals surface area contributed by atoms with Crippen molar-refractivity contribution in [3.8, 4) is 28.2 Å². The van der Waals surface area contributed by atoms with Crippen LogP contribution in [0.15, 0.2) is 199 Å². The molecule has 284 valence electrons. The van der Waals surface area contributed by atoms with Crippen LogP contribution in [0.25, 0.3) is 71.8 Å². The summed E-state index contributed by atoms with van der Waals surface area (Å²) in [5.74, 6) is 0. The van der Waals surface area contributed by atoms with Crippen LogP contribution in [-0.2, 0) is 0 Å². The van der Waals surface area contributed by atoms with Gasteiger partial charge in [-0.2, -0.15) is 0 Å². The topological polar surface area (TPSA) is 69.6 Å². The fourth-order valence-electron chi connectivity index (χ4n) is 6.45. The molecule has 1 N–H and O–H groups in total. The van der Waals surface area contributed by atoms with Crippen LogP contribution in [-0.4, -0.2) is 25.1 Å². The molecule has 0 spiro atoms. The van der Waals surface area contributed by atoms with E-state index in [4.69, 9.17) is 4.98 Å². The first-order chi connectivity index (χ1) is 27.2. The predicted octanol–water partition coefficient (Wildman–Crippen LogP) is 10.5. The molecule has 0 amide bonds. The van der Waals surface area contributed by atoms with Gasteiger partial charge in [0.05, 0.1) is 34.3 Å². The van der Waals surface area contributed by atoms with E-state index in [9.17, 15) is 5.11 Å². The van der Waals surface area contributed by atoms with Crippen LogP contribution in [0.4, 0.5) is 0 Å². The van der Waals surface area contributed by atoms with E-state index in [2.05, 4.69) is 164 Å². The number of hydrogen-bond donors (Lipinski definition) is 1. The second-order valence-electron chi connectivity index (χ2n) is 14.2. The van der Waals surface area contributed by atoms with E-state index < -0.39 is 5.60 Å². The largest absolute Gasteiger partial charge is 1.00 e. The van der Waals surface area contributed by atoms with Gasteiger partial charge in [-0.05, 0) is 64.5 Å². The van der Waals surface area contributed by atoms with Crippen molar-refractivity contribution >= 4 is 59.5 Å². The maximum atomic E-state index is 10.1. The molecular weight excluding hydrogens is 787 g/mol. The third kappa shape index (κ3) is 11.0. The van der Waals surface area contributed by atoms with Gasteiger partial charge in [-0.1, -0.05) is 162 Å². The molecule has 0 radical (unpaired) electrons. The van der Waals surface area contributed by atoms with Gasteiger partial charge in [0.25, 0.3) is 0 Å². The zero-order valence-electron chi connectivity index (χ0n) is 32.6. The van der Waals surface area contributed by atoms with Crippen molar-refractivity contribution in [2.75, 3.05) is 0 Å². The van der Waals surface area contributed by atoms with E-state index >= 15 is 0 Å². The number of fused-ring (bicyclic) bond motifs is 6. The summed E-state index contributed by atoms with van der Waals surface area (Å²) in [7, 11) is 0. The van der Waals surface area contributed by atoms with E-state index in [0.29, 0.717) is 0 Å². The molecular formula is C51H46BrN4NaO. The first kappa shape index (κ1) is 43.8. The summed E-state index contributed by atoms with van der Waals surface area (Å²) in [5.41, 5.74) is 9.44. The fourth-order valence-corrected chi connectivity index (χ4v) is 6.69. The quantitative estimate of drug-likeness (QED) is 0.180. The third-order valence-corrected chi connectivity index (χ3v) is 9.34. The maximum absolute atomic E-state index is 10.1. The Morgan fingerprint density at radius 3 is 1.28 bits per heavy atom. The molecule has 7 heteroatoms. The molecule has 0 aliphatic heterocycles. The van der Waals surface area contributed by atoms with Gasteiger partial charge in [0.2, 0.25) is 0 Å². The SMILES string of the molecule is Brc1ccc(-c2ccccc2)nc1.C.CC(C)(C)[O-].[Na+].c1ccc(-c2ccc(-n3c4ccccc4c4ccccc43)cn2)cc1.c1ccc2c(c1)[nH]c1ccccc12. The van der Waals surface area contributed by atoms with Crippen LogP contribution in [0.2, 0.25) is 0 Å². The van der Waals surface area contributed by atoms with Crippen molar-refractivity contribution in [3.05, 3.63) is 199 Å². The van der Waals surface area contributed by atoms with Gasteiger partial charge < -0.3 is 14.7 Å². The summed E-state index contributed by atoms with van der Waals surface area (Å²) in [4.78, 5) is 12.4. The summed E-state index contributed by atoms with van der Waals surface area (Å²) < 4.78 is 3.29. The first-order valence-corrected chi connectivity index (χ1v) is 19.4. The van der Waals surface area contributed by atoms with Gasteiger partial charge >= 0.3 is 29.6 Å². The second-order valence-corrected chi connectivity index (χ2v) is 15.1. The van der Waals surface area contributed by atoms with Crippen LogP contribution < -0.4 is 34.7 Å². The van der Waals surface area contributed by atoms with Crippen molar-refractivity contribution in [2.45, 2.75) is 33.8 Å².